The van der Waals surface area contributed by atoms with Crippen molar-refractivity contribution in [1.82, 2.24) is 4.98 Å². The maximum atomic E-state index is 4.25. The molecule has 0 spiro atoms. The molecule has 2 rings (SSSR count). The standard InChI is InChI=1S/C15H24N2/c1-3-15(13-7-5-4-6-8-13)17-14-9-10-16-12(2)11-14/h9-11,13,15H,3-8H2,1-2H3,(H,16,17). The second-order valence-corrected chi connectivity index (χ2v) is 5.24. The lowest BCUT2D eigenvalue weighted by Crippen LogP contribution is -2.30. The number of aryl methyl sites for hydroxylation is 1. The van der Waals surface area contributed by atoms with E-state index >= 15 is 0 Å². The first-order valence-electron chi connectivity index (χ1n) is 6.99. The fraction of sp³-hybridized carbons (Fsp3) is 0.667. The van der Waals surface area contributed by atoms with E-state index in [0.717, 1.165) is 11.6 Å². The highest BCUT2D eigenvalue weighted by Crippen LogP contribution is 2.29. The Morgan fingerprint density at radius 2 is 2.12 bits per heavy atom. The molecular formula is C15H24N2. The van der Waals surface area contributed by atoms with Crippen LogP contribution in [0.15, 0.2) is 18.3 Å². The van der Waals surface area contributed by atoms with Gasteiger partial charge in [0.15, 0.2) is 0 Å². The van der Waals surface area contributed by atoms with Gasteiger partial charge in [0.25, 0.3) is 0 Å². The van der Waals surface area contributed by atoms with Crippen LogP contribution in [0.3, 0.4) is 0 Å². The van der Waals surface area contributed by atoms with Gasteiger partial charge in [-0.1, -0.05) is 26.2 Å². The van der Waals surface area contributed by atoms with E-state index in [0.29, 0.717) is 6.04 Å². The Hall–Kier alpha value is -1.05. The Labute approximate surface area is 105 Å². The van der Waals surface area contributed by atoms with Gasteiger partial charge in [0, 0.05) is 23.6 Å². The summed E-state index contributed by atoms with van der Waals surface area (Å²) in [6.07, 6.45) is 10.2. The summed E-state index contributed by atoms with van der Waals surface area (Å²) in [5, 5.41) is 3.70. The second kappa shape index (κ2) is 6.04. The molecule has 1 heterocycles. The molecule has 1 N–H and O–H groups in total. The molecule has 1 aromatic heterocycles. The molecule has 1 saturated carbocycles. The zero-order chi connectivity index (χ0) is 12.1. The van der Waals surface area contributed by atoms with Crippen LogP contribution in [0.2, 0.25) is 0 Å². The van der Waals surface area contributed by atoms with Gasteiger partial charge in [0.05, 0.1) is 0 Å². The average Bonchev–Trinajstić information content (AvgIpc) is 2.37. The number of nitrogens with zero attached hydrogens (tertiary/aromatic N) is 1. The normalized spacial score (nSPS) is 18.9. The van der Waals surface area contributed by atoms with Gasteiger partial charge in [-0.15, -0.1) is 0 Å². The Kier molecular flexibility index (Phi) is 4.41. The molecule has 0 radical (unpaired) electrons. The van der Waals surface area contributed by atoms with Crippen molar-refractivity contribution in [2.75, 3.05) is 5.32 Å². The van der Waals surface area contributed by atoms with Crippen molar-refractivity contribution in [3.63, 3.8) is 0 Å². The summed E-state index contributed by atoms with van der Waals surface area (Å²) in [6.45, 7) is 4.34. The molecule has 0 aromatic carbocycles. The predicted octanol–water partition coefficient (Wildman–Crippen LogP) is 4.16. The molecule has 0 saturated heterocycles. The lowest BCUT2D eigenvalue weighted by molar-refractivity contribution is 0.313. The summed E-state index contributed by atoms with van der Waals surface area (Å²) >= 11 is 0. The van der Waals surface area contributed by atoms with Gasteiger partial charge in [-0.2, -0.15) is 0 Å². The molecule has 0 bridgehead atoms. The van der Waals surface area contributed by atoms with E-state index in [2.05, 4.69) is 29.4 Å². The average molecular weight is 232 g/mol. The predicted molar refractivity (Wildman–Crippen MR) is 73.3 cm³/mol. The fourth-order valence-corrected chi connectivity index (χ4v) is 2.94. The number of hydrogen-bond donors (Lipinski definition) is 1. The highest BCUT2D eigenvalue weighted by Gasteiger charge is 2.21. The van der Waals surface area contributed by atoms with Crippen LogP contribution < -0.4 is 5.32 Å². The van der Waals surface area contributed by atoms with Crippen molar-refractivity contribution in [2.24, 2.45) is 5.92 Å². The quantitative estimate of drug-likeness (QED) is 0.843. The van der Waals surface area contributed by atoms with Crippen LogP contribution in [0, 0.1) is 12.8 Å². The number of nitrogens with one attached hydrogen (secondary N) is 1. The Bertz CT molecular complexity index is 343. The maximum absolute atomic E-state index is 4.25. The molecule has 1 fully saturated rings. The van der Waals surface area contributed by atoms with Gasteiger partial charge in [0.2, 0.25) is 0 Å². The Morgan fingerprint density at radius 3 is 2.76 bits per heavy atom. The number of hydrogen-bond acceptors (Lipinski definition) is 2. The largest absolute Gasteiger partial charge is 0.382 e. The van der Waals surface area contributed by atoms with Crippen molar-refractivity contribution in [3.8, 4) is 0 Å². The fourth-order valence-electron chi connectivity index (χ4n) is 2.94. The van der Waals surface area contributed by atoms with Crippen LogP contribution in [0.25, 0.3) is 0 Å². The number of pyridine rings is 1. The van der Waals surface area contributed by atoms with Gasteiger partial charge in [0.1, 0.15) is 0 Å². The molecule has 17 heavy (non-hydrogen) atoms. The zero-order valence-electron chi connectivity index (χ0n) is 11.1. The smallest absolute Gasteiger partial charge is 0.0393 e. The number of rotatable bonds is 4. The first kappa shape index (κ1) is 12.4. The van der Waals surface area contributed by atoms with E-state index < -0.39 is 0 Å². The van der Waals surface area contributed by atoms with Crippen LogP contribution in [-0.4, -0.2) is 11.0 Å². The van der Waals surface area contributed by atoms with E-state index in [1.54, 1.807) is 0 Å². The summed E-state index contributed by atoms with van der Waals surface area (Å²) < 4.78 is 0. The SMILES string of the molecule is CCC(Nc1ccnc(C)c1)C1CCCCC1. The first-order chi connectivity index (χ1) is 8.29. The molecule has 1 aliphatic carbocycles. The third-order valence-electron chi connectivity index (χ3n) is 3.91. The molecular weight excluding hydrogens is 208 g/mol. The van der Waals surface area contributed by atoms with Crippen molar-refractivity contribution in [1.29, 1.82) is 0 Å². The molecule has 0 amide bonds. The topological polar surface area (TPSA) is 24.9 Å². The molecule has 1 atom stereocenters. The third-order valence-corrected chi connectivity index (χ3v) is 3.91. The van der Waals surface area contributed by atoms with Crippen molar-refractivity contribution in [3.05, 3.63) is 24.0 Å². The van der Waals surface area contributed by atoms with Crippen LogP contribution in [0.5, 0.6) is 0 Å². The van der Waals surface area contributed by atoms with E-state index in [1.807, 2.05) is 13.1 Å². The summed E-state index contributed by atoms with van der Waals surface area (Å²) in [5.41, 5.74) is 2.32. The molecule has 0 aliphatic heterocycles. The zero-order valence-corrected chi connectivity index (χ0v) is 11.1. The van der Waals surface area contributed by atoms with Crippen LogP contribution in [0.4, 0.5) is 5.69 Å². The van der Waals surface area contributed by atoms with Crippen LogP contribution in [0.1, 0.15) is 51.1 Å². The molecule has 94 valence electrons. The minimum absolute atomic E-state index is 0.636. The van der Waals surface area contributed by atoms with Gasteiger partial charge in [-0.25, -0.2) is 0 Å². The highest BCUT2D eigenvalue weighted by molar-refractivity contribution is 5.44. The monoisotopic (exact) mass is 232 g/mol. The first-order valence-corrected chi connectivity index (χ1v) is 6.99. The highest BCUT2D eigenvalue weighted by atomic mass is 14.9. The van der Waals surface area contributed by atoms with Crippen LogP contribution in [-0.2, 0) is 0 Å². The second-order valence-electron chi connectivity index (χ2n) is 5.24. The van der Waals surface area contributed by atoms with Gasteiger partial charge in [-0.3, -0.25) is 4.98 Å². The minimum atomic E-state index is 0.636. The van der Waals surface area contributed by atoms with Crippen molar-refractivity contribution in [2.45, 2.75) is 58.4 Å². The molecule has 1 aromatic rings. The van der Waals surface area contributed by atoms with Crippen molar-refractivity contribution < 1.29 is 0 Å². The summed E-state index contributed by atoms with van der Waals surface area (Å²) in [4.78, 5) is 4.25. The number of aromatic nitrogens is 1. The lowest BCUT2D eigenvalue weighted by Gasteiger charge is -2.31. The van der Waals surface area contributed by atoms with E-state index in [-0.39, 0.29) is 0 Å². The minimum Gasteiger partial charge on any atom is -0.382 e. The lowest BCUT2D eigenvalue weighted by atomic mass is 9.83. The van der Waals surface area contributed by atoms with Crippen LogP contribution >= 0.6 is 0 Å². The van der Waals surface area contributed by atoms with E-state index in [4.69, 9.17) is 0 Å². The Balaban J connectivity index is 1.98. The van der Waals surface area contributed by atoms with Gasteiger partial charge in [-0.05, 0) is 44.2 Å². The third kappa shape index (κ3) is 3.45. The van der Waals surface area contributed by atoms with Gasteiger partial charge >= 0.3 is 0 Å². The summed E-state index contributed by atoms with van der Waals surface area (Å²) in [6, 6.07) is 4.86. The summed E-state index contributed by atoms with van der Waals surface area (Å²) in [7, 11) is 0. The molecule has 2 nitrogen and oxygen atoms in total. The Morgan fingerprint density at radius 1 is 1.35 bits per heavy atom. The molecule has 1 aliphatic rings. The van der Waals surface area contributed by atoms with E-state index in [1.165, 1.54) is 44.2 Å². The summed E-state index contributed by atoms with van der Waals surface area (Å²) in [5.74, 6) is 0.863. The van der Waals surface area contributed by atoms with Crippen molar-refractivity contribution >= 4 is 5.69 Å². The molecule has 2 heteroatoms. The van der Waals surface area contributed by atoms with Gasteiger partial charge < -0.3 is 5.32 Å². The molecule has 1 unspecified atom stereocenters. The number of anilines is 1. The maximum Gasteiger partial charge on any atom is 0.0393 e. The van der Waals surface area contributed by atoms with E-state index in [9.17, 15) is 0 Å².